The molecule has 0 amide bonds. The molecule has 3 nitrogen and oxygen atoms in total. The van der Waals surface area contributed by atoms with Crippen LogP contribution in [0.25, 0.3) is 10.9 Å². The van der Waals surface area contributed by atoms with Gasteiger partial charge >= 0.3 is 0 Å². The fraction of sp³-hybridized carbons (Fsp3) is 0.429. The van der Waals surface area contributed by atoms with E-state index in [0.29, 0.717) is 6.04 Å². The number of ether oxygens (including phenoxy) is 1. The van der Waals surface area contributed by atoms with Crippen molar-refractivity contribution in [2.45, 2.75) is 25.9 Å². The summed E-state index contributed by atoms with van der Waals surface area (Å²) in [6.45, 7) is 3.82. The summed E-state index contributed by atoms with van der Waals surface area (Å²) >= 11 is 0. The van der Waals surface area contributed by atoms with E-state index in [0.717, 1.165) is 19.6 Å². The molecule has 1 atom stereocenters. The standard InChI is InChI=1S/C14H20N2O/c1-3-12(10-17-2)16-9-11-5-4-6-14-13(11)7-8-15-14/h4-8,12,15-16H,3,9-10H2,1-2H3. The van der Waals surface area contributed by atoms with Gasteiger partial charge in [0.2, 0.25) is 0 Å². The lowest BCUT2D eigenvalue weighted by Crippen LogP contribution is -2.32. The molecular formula is C14H20N2O. The van der Waals surface area contributed by atoms with Crippen molar-refractivity contribution in [2.24, 2.45) is 0 Å². The number of benzene rings is 1. The summed E-state index contributed by atoms with van der Waals surface area (Å²) in [5.74, 6) is 0. The predicted octanol–water partition coefficient (Wildman–Crippen LogP) is 2.68. The van der Waals surface area contributed by atoms with Crippen molar-refractivity contribution in [2.75, 3.05) is 13.7 Å². The highest BCUT2D eigenvalue weighted by atomic mass is 16.5. The van der Waals surface area contributed by atoms with Crippen LogP contribution in [0.1, 0.15) is 18.9 Å². The first-order valence-electron chi connectivity index (χ1n) is 6.12. The molecule has 3 heteroatoms. The Balaban J connectivity index is 2.05. The van der Waals surface area contributed by atoms with Crippen molar-refractivity contribution >= 4 is 10.9 Å². The van der Waals surface area contributed by atoms with Gasteiger partial charge in [-0.25, -0.2) is 0 Å². The molecule has 1 aromatic heterocycles. The van der Waals surface area contributed by atoms with Crippen LogP contribution >= 0.6 is 0 Å². The average Bonchev–Trinajstić information content (AvgIpc) is 2.83. The first-order chi connectivity index (χ1) is 8.35. The van der Waals surface area contributed by atoms with E-state index in [1.165, 1.54) is 16.5 Å². The molecule has 0 saturated heterocycles. The quantitative estimate of drug-likeness (QED) is 0.803. The van der Waals surface area contributed by atoms with Crippen LogP contribution in [0.15, 0.2) is 30.5 Å². The minimum atomic E-state index is 0.425. The molecule has 2 aromatic rings. The number of nitrogens with one attached hydrogen (secondary N) is 2. The van der Waals surface area contributed by atoms with E-state index in [1.807, 2.05) is 6.20 Å². The normalized spacial score (nSPS) is 13.1. The zero-order chi connectivity index (χ0) is 12.1. The van der Waals surface area contributed by atoms with Gasteiger partial charge in [0.05, 0.1) is 6.61 Å². The summed E-state index contributed by atoms with van der Waals surface area (Å²) in [5, 5.41) is 4.83. The highest BCUT2D eigenvalue weighted by Crippen LogP contribution is 2.17. The van der Waals surface area contributed by atoms with E-state index in [2.05, 4.69) is 41.5 Å². The van der Waals surface area contributed by atoms with Gasteiger partial charge in [0.1, 0.15) is 0 Å². The first kappa shape index (κ1) is 12.1. The zero-order valence-electron chi connectivity index (χ0n) is 10.5. The minimum Gasteiger partial charge on any atom is -0.383 e. The van der Waals surface area contributed by atoms with Gasteiger partial charge in [0, 0.05) is 36.8 Å². The fourth-order valence-electron chi connectivity index (χ4n) is 2.08. The Hall–Kier alpha value is -1.32. The van der Waals surface area contributed by atoms with Gasteiger partial charge in [-0.1, -0.05) is 19.1 Å². The van der Waals surface area contributed by atoms with Gasteiger partial charge < -0.3 is 15.0 Å². The first-order valence-corrected chi connectivity index (χ1v) is 6.12. The van der Waals surface area contributed by atoms with Crippen molar-refractivity contribution in [1.82, 2.24) is 10.3 Å². The maximum Gasteiger partial charge on any atom is 0.0615 e. The summed E-state index contributed by atoms with van der Waals surface area (Å²) in [6, 6.07) is 8.92. The van der Waals surface area contributed by atoms with E-state index >= 15 is 0 Å². The minimum absolute atomic E-state index is 0.425. The molecule has 17 heavy (non-hydrogen) atoms. The summed E-state index contributed by atoms with van der Waals surface area (Å²) < 4.78 is 5.19. The Morgan fingerprint density at radius 3 is 3.00 bits per heavy atom. The maximum absolute atomic E-state index is 5.19. The monoisotopic (exact) mass is 232 g/mol. The molecule has 0 aliphatic rings. The molecule has 0 aliphatic heterocycles. The van der Waals surface area contributed by atoms with Gasteiger partial charge in [-0.2, -0.15) is 0 Å². The molecule has 0 bridgehead atoms. The molecule has 92 valence electrons. The van der Waals surface area contributed by atoms with E-state index in [4.69, 9.17) is 4.74 Å². The van der Waals surface area contributed by atoms with E-state index < -0.39 is 0 Å². The number of hydrogen-bond donors (Lipinski definition) is 2. The second kappa shape index (κ2) is 5.84. The smallest absolute Gasteiger partial charge is 0.0615 e. The van der Waals surface area contributed by atoms with Gasteiger partial charge in [0.15, 0.2) is 0 Å². The Labute approximate surface area is 102 Å². The molecule has 2 rings (SSSR count). The molecule has 1 unspecified atom stereocenters. The summed E-state index contributed by atoms with van der Waals surface area (Å²) in [4.78, 5) is 3.23. The van der Waals surface area contributed by atoms with Gasteiger partial charge in [0.25, 0.3) is 0 Å². The lowest BCUT2D eigenvalue weighted by atomic mass is 10.1. The topological polar surface area (TPSA) is 37.0 Å². The Bertz CT molecular complexity index is 464. The summed E-state index contributed by atoms with van der Waals surface area (Å²) in [5.41, 5.74) is 2.53. The van der Waals surface area contributed by atoms with Crippen molar-refractivity contribution < 1.29 is 4.74 Å². The highest BCUT2D eigenvalue weighted by Gasteiger charge is 2.06. The molecule has 0 spiro atoms. The molecule has 0 radical (unpaired) electrons. The number of aromatic amines is 1. The molecule has 0 aliphatic carbocycles. The van der Waals surface area contributed by atoms with E-state index in [1.54, 1.807) is 7.11 Å². The van der Waals surface area contributed by atoms with Gasteiger partial charge in [-0.15, -0.1) is 0 Å². The number of H-pyrrole nitrogens is 1. The van der Waals surface area contributed by atoms with Crippen molar-refractivity contribution in [3.05, 3.63) is 36.0 Å². The third kappa shape index (κ3) is 2.87. The molecule has 2 N–H and O–H groups in total. The molecule has 0 fully saturated rings. The second-order valence-electron chi connectivity index (χ2n) is 4.30. The number of rotatable bonds is 6. The predicted molar refractivity (Wildman–Crippen MR) is 71.1 cm³/mol. The largest absolute Gasteiger partial charge is 0.383 e. The number of hydrogen-bond acceptors (Lipinski definition) is 2. The van der Waals surface area contributed by atoms with Crippen LogP contribution in [0.4, 0.5) is 0 Å². The van der Waals surface area contributed by atoms with E-state index in [9.17, 15) is 0 Å². The molecule has 0 saturated carbocycles. The molecule has 1 heterocycles. The number of aromatic nitrogens is 1. The SMILES string of the molecule is CCC(COC)NCc1cccc2[nH]ccc12. The Morgan fingerprint density at radius 2 is 2.24 bits per heavy atom. The Morgan fingerprint density at radius 1 is 1.35 bits per heavy atom. The van der Waals surface area contributed by atoms with Crippen LogP contribution in [0.2, 0.25) is 0 Å². The van der Waals surface area contributed by atoms with Crippen LogP contribution in [0.5, 0.6) is 0 Å². The summed E-state index contributed by atoms with van der Waals surface area (Å²) in [7, 11) is 1.75. The maximum atomic E-state index is 5.19. The van der Waals surface area contributed by atoms with Gasteiger partial charge in [-0.05, 0) is 24.1 Å². The number of fused-ring (bicyclic) bond motifs is 1. The lowest BCUT2D eigenvalue weighted by molar-refractivity contribution is 0.164. The fourth-order valence-corrected chi connectivity index (χ4v) is 2.08. The third-order valence-corrected chi connectivity index (χ3v) is 3.13. The van der Waals surface area contributed by atoms with Crippen molar-refractivity contribution in [1.29, 1.82) is 0 Å². The highest BCUT2D eigenvalue weighted by molar-refractivity contribution is 5.82. The average molecular weight is 232 g/mol. The third-order valence-electron chi connectivity index (χ3n) is 3.13. The van der Waals surface area contributed by atoms with Crippen LogP contribution in [0, 0.1) is 0 Å². The lowest BCUT2D eigenvalue weighted by Gasteiger charge is -2.16. The van der Waals surface area contributed by atoms with E-state index in [-0.39, 0.29) is 0 Å². The summed E-state index contributed by atoms with van der Waals surface area (Å²) in [6.07, 6.45) is 3.07. The van der Waals surface area contributed by atoms with Crippen molar-refractivity contribution in [3.8, 4) is 0 Å². The van der Waals surface area contributed by atoms with Crippen LogP contribution in [-0.2, 0) is 11.3 Å². The van der Waals surface area contributed by atoms with Crippen LogP contribution < -0.4 is 5.32 Å². The zero-order valence-corrected chi connectivity index (χ0v) is 10.5. The Kier molecular flexibility index (Phi) is 4.18. The van der Waals surface area contributed by atoms with Crippen LogP contribution in [0.3, 0.4) is 0 Å². The van der Waals surface area contributed by atoms with Crippen molar-refractivity contribution in [3.63, 3.8) is 0 Å². The van der Waals surface area contributed by atoms with Crippen LogP contribution in [-0.4, -0.2) is 24.7 Å². The molecular weight excluding hydrogens is 212 g/mol. The number of methoxy groups -OCH3 is 1. The van der Waals surface area contributed by atoms with Gasteiger partial charge in [-0.3, -0.25) is 0 Å². The molecule has 1 aromatic carbocycles. The second-order valence-corrected chi connectivity index (χ2v) is 4.30.